The van der Waals surface area contributed by atoms with E-state index in [1.807, 2.05) is 23.7 Å². The first-order valence-electron chi connectivity index (χ1n) is 5.26. The van der Waals surface area contributed by atoms with Crippen LogP contribution in [-0.4, -0.2) is 28.3 Å². The van der Waals surface area contributed by atoms with Crippen molar-refractivity contribution in [3.63, 3.8) is 0 Å². The first kappa shape index (κ1) is 11.0. The highest BCUT2D eigenvalue weighted by atomic mass is 16.5. The second-order valence-electron chi connectivity index (χ2n) is 3.76. The molecule has 2 N–H and O–H groups in total. The molecule has 16 heavy (non-hydrogen) atoms. The van der Waals surface area contributed by atoms with Crippen LogP contribution >= 0.6 is 0 Å². The van der Waals surface area contributed by atoms with Crippen molar-refractivity contribution in [3.8, 4) is 0 Å². The quantitative estimate of drug-likeness (QED) is 0.835. The summed E-state index contributed by atoms with van der Waals surface area (Å²) in [6.45, 7) is 0.637. The molecule has 0 aliphatic rings. The fraction of sp³-hybridized carbons (Fsp3) is 0.455. The molecule has 5 heteroatoms. The zero-order chi connectivity index (χ0) is 11.5. The number of methoxy groups -OCH3 is 1. The monoisotopic (exact) mass is 220 g/mol. The molecule has 5 nitrogen and oxygen atoms in total. The summed E-state index contributed by atoms with van der Waals surface area (Å²) in [7, 11) is 3.60. The number of nitrogens with zero attached hydrogens (tertiary/aromatic N) is 3. The van der Waals surface area contributed by atoms with Crippen LogP contribution < -0.4 is 5.73 Å². The molecule has 2 aromatic rings. The number of hydrogen-bond acceptors (Lipinski definition) is 4. The number of aromatic nitrogens is 3. The van der Waals surface area contributed by atoms with E-state index in [0.29, 0.717) is 6.61 Å². The minimum Gasteiger partial charge on any atom is -0.385 e. The normalized spacial score (nSPS) is 13.2. The number of imidazole rings is 1. The van der Waals surface area contributed by atoms with E-state index in [1.165, 1.54) is 0 Å². The standard InChI is InChI=1S/C11H16N4O/c1-15-10(8(12)5-7-16-2)14-9-4-3-6-13-11(9)15/h3-4,6,8H,5,7,12H2,1-2H3. The molecule has 0 radical (unpaired) electrons. The van der Waals surface area contributed by atoms with Gasteiger partial charge in [0.05, 0.1) is 6.04 Å². The van der Waals surface area contributed by atoms with Crippen molar-refractivity contribution in [1.29, 1.82) is 0 Å². The zero-order valence-electron chi connectivity index (χ0n) is 9.55. The molecule has 0 amide bonds. The maximum absolute atomic E-state index is 6.05. The van der Waals surface area contributed by atoms with E-state index < -0.39 is 0 Å². The van der Waals surface area contributed by atoms with Crippen LogP contribution in [0, 0.1) is 0 Å². The van der Waals surface area contributed by atoms with Crippen molar-refractivity contribution >= 4 is 11.2 Å². The summed E-state index contributed by atoms with van der Waals surface area (Å²) in [6, 6.07) is 3.70. The smallest absolute Gasteiger partial charge is 0.159 e. The van der Waals surface area contributed by atoms with Crippen LogP contribution in [0.5, 0.6) is 0 Å². The van der Waals surface area contributed by atoms with Crippen molar-refractivity contribution in [3.05, 3.63) is 24.2 Å². The summed E-state index contributed by atoms with van der Waals surface area (Å²) in [5.74, 6) is 0.853. The van der Waals surface area contributed by atoms with Gasteiger partial charge in [-0.1, -0.05) is 0 Å². The number of rotatable bonds is 4. The lowest BCUT2D eigenvalue weighted by Crippen LogP contribution is -2.17. The van der Waals surface area contributed by atoms with E-state index in [9.17, 15) is 0 Å². The molecule has 1 atom stereocenters. The summed E-state index contributed by atoms with van der Waals surface area (Å²) in [6.07, 6.45) is 2.52. The lowest BCUT2D eigenvalue weighted by atomic mass is 10.2. The highest BCUT2D eigenvalue weighted by Gasteiger charge is 2.14. The van der Waals surface area contributed by atoms with E-state index in [4.69, 9.17) is 10.5 Å². The third-order valence-corrected chi connectivity index (χ3v) is 2.63. The Hall–Kier alpha value is -1.46. The van der Waals surface area contributed by atoms with Crippen molar-refractivity contribution in [2.75, 3.05) is 13.7 Å². The number of nitrogens with two attached hydrogens (primary N) is 1. The molecule has 2 heterocycles. The summed E-state index contributed by atoms with van der Waals surface area (Å²) in [5.41, 5.74) is 7.80. The molecular weight excluding hydrogens is 204 g/mol. The van der Waals surface area contributed by atoms with Gasteiger partial charge in [0.25, 0.3) is 0 Å². The van der Waals surface area contributed by atoms with E-state index in [0.717, 1.165) is 23.4 Å². The maximum Gasteiger partial charge on any atom is 0.159 e. The molecule has 0 saturated carbocycles. The Morgan fingerprint density at radius 3 is 3.06 bits per heavy atom. The highest BCUT2D eigenvalue weighted by Crippen LogP contribution is 2.18. The first-order chi connectivity index (χ1) is 7.74. The predicted molar refractivity (Wildman–Crippen MR) is 61.9 cm³/mol. The summed E-state index contributed by atoms with van der Waals surface area (Å²) < 4.78 is 6.96. The Labute approximate surface area is 94.2 Å². The summed E-state index contributed by atoms with van der Waals surface area (Å²) in [4.78, 5) is 8.76. The fourth-order valence-electron chi connectivity index (χ4n) is 1.75. The Morgan fingerprint density at radius 2 is 2.38 bits per heavy atom. The number of aryl methyl sites for hydroxylation is 1. The van der Waals surface area contributed by atoms with E-state index in [-0.39, 0.29) is 6.04 Å². The van der Waals surface area contributed by atoms with Crippen LogP contribution in [0.1, 0.15) is 18.3 Å². The van der Waals surface area contributed by atoms with Gasteiger partial charge in [-0.05, 0) is 18.6 Å². The molecule has 0 aromatic carbocycles. The van der Waals surface area contributed by atoms with Gasteiger partial charge in [0.1, 0.15) is 11.3 Å². The second kappa shape index (κ2) is 4.59. The van der Waals surface area contributed by atoms with Crippen molar-refractivity contribution < 1.29 is 4.74 Å². The Kier molecular flexibility index (Phi) is 3.17. The van der Waals surface area contributed by atoms with Gasteiger partial charge in [0.2, 0.25) is 0 Å². The Balaban J connectivity index is 2.33. The fourth-order valence-corrected chi connectivity index (χ4v) is 1.75. The van der Waals surface area contributed by atoms with E-state index >= 15 is 0 Å². The van der Waals surface area contributed by atoms with Crippen molar-refractivity contribution in [2.24, 2.45) is 12.8 Å². The van der Waals surface area contributed by atoms with Gasteiger partial charge < -0.3 is 15.0 Å². The first-order valence-corrected chi connectivity index (χ1v) is 5.26. The molecule has 0 aliphatic carbocycles. The zero-order valence-corrected chi connectivity index (χ0v) is 9.55. The molecule has 86 valence electrons. The number of ether oxygens (including phenoxy) is 1. The van der Waals surface area contributed by atoms with Crippen LogP contribution in [0.3, 0.4) is 0 Å². The Bertz CT molecular complexity index is 480. The molecule has 0 spiro atoms. The molecule has 0 aliphatic heterocycles. The molecule has 0 bridgehead atoms. The number of hydrogen-bond donors (Lipinski definition) is 1. The molecule has 0 fully saturated rings. The van der Waals surface area contributed by atoms with Gasteiger partial charge in [-0.3, -0.25) is 0 Å². The SMILES string of the molecule is COCCC(N)c1nc2cccnc2n1C. The van der Waals surface area contributed by atoms with Crippen LogP contribution in [0.25, 0.3) is 11.2 Å². The average Bonchev–Trinajstić information content (AvgIpc) is 2.64. The van der Waals surface area contributed by atoms with Gasteiger partial charge in [-0.2, -0.15) is 0 Å². The van der Waals surface area contributed by atoms with Crippen LogP contribution in [0.2, 0.25) is 0 Å². The van der Waals surface area contributed by atoms with Gasteiger partial charge in [-0.15, -0.1) is 0 Å². The third kappa shape index (κ3) is 1.91. The molecule has 1 unspecified atom stereocenters. The van der Waals surface area contributed by atoms with E-state index in [2.05, 4.69) is 9.97 Å². The Morgan fingerprint density at radius 1 is 1.56 bits per heavy atom. The van der Waals surface area contributed by atoms with Gasteiger partial charge in [0.15, 0.2) is 5.65 Å². The third-order valence-electron chi connectivity index (χ3n) is 2.63. The van der Waals surface area contributed by atoms with Crippen LogP contribution in [0.15, 0.2) is 18.3 Å². The molecule has 2 aromatic heterocycles. The van der Waals surface area contributed by atoms with Gasteiger partial charge in [-0.25, -0.2) is 9.97 Å². The maximum atomic E-state index is 6.05. The minimum absolute atomic E-state index is 0.112. The minimum atomic E-state index is -0.112. The average molecular weight is 220 g/mol. The van der Waals surface area contributed by atoms with Crippen LogP contribution in [-0.2, 0) is 11.8 Å². The van der Waals surface area contributed by atoms with Gasteiger partial charge in [0, 0.05) is 27.0 Å². The highest BCUT2D eigenvalue weighted by molar-refractivity contribution is 5.71. The molecule has 2 rings (SSSR count). The van der Waals surface area contributed by atoms with Crippen molar-refractivity contribution in [2.45, 2.75) is 12.5 Å². The lowest BCUT2D eigenvalue weighted by Gasteiger charge is -2.10. The summed E-state index contributed by atoms with van der Waals surface area (Å²) >= 11 is 0. The summed E-state index contributed by atoms with van der Waals surface area (Å²) in [5, 5.41) is 0. The largest absolute Gasteiger partial charge is 0.385 e. The molecule has 0 saturated heterocycles. The topological polar surface area (TPSA) is 66.0 Å². The second-order valence-corrected chi connectivity index (χ2v) is 3.76. The lowest BCUT2D eigenvalue weighted by molar-refractivity contribution is 0.187. The van der Waals surface area contributed by atoms with Gasteiger partial charge >= 0.3 is 0 Å². The number of pyridine rings is 1. The number of fused-ring (bicyclic) bond motifs is 1. The predicted octanol–water partition coefficient (Wildman–Crippen LogP) is 1.00. The van der Waals surface area contributed by atoms with Crippen molar-refractivity contribution in [1.82, 2.24) is 14.5 Å². The van der Waals surface area contributed by atoms with Crippen LogP contribution in [0.4, 0.5) is 0 Å². The molecular formula is C11H16N4O. The van der Waals surface area contributed by atoms with E-state index in [1.54, 1.807) is 13.3 Å².